The number of H-pyrrole nitrogens is 1. The number of aliphatic hydroxyl groups is 1. The molecule has 0 saturated carbocycles. The standard InChI is InChI=1S/C10H11N5O3/c11-10-13-8-7(9(17)14-10)12-4-15(8)6-2-1-5(3-16)18-6/h1-2,4-6,16H,3H2,(H3,11,13,14,17)/t5-,6?/m0/s1. The minimum Gasteiger partial charge on any atom is -0.393 e. The second-order valence-electron chi connectivity index (χ2n) is 3.91. The molecule has 2 aromatic rings. The van der Waals surface area contributed by atoms with Gasteiger partial charge in [0.1, 0.15) is 6.10 Å². The van der Waals surface area contributed by atoms with Crippen molar-refractivity contribution >= 4 is 17.1 Å². The van der Waals surface area contributed by atoms with Crippen LogP contribution in [0.2, 0.25) is 0 Å². The number of rotatable bonds is 2. The second kappa shape index (κ2) is 3.93. The maximum Gasteiger partial charge on any atom is 0.280 e. The van der Waals surface area contributed by atoms with Gasteiger partial charge in [0.05, 0.1) is 12.9 Å². The van der Waals surface area contributed by atoms with Gasteiger partial charge in [-0.05, 0) is 6.08 Å². The molecule has 0 aliphatic carbocycles. The summed E-state index contributed by atoms with van der Waals surface area (Å²) < 4.78 is 7.10. The number of nitrogen functional groups attached to an aromatic ring is 1. The van der Waals surface area contributed by atoms with Gasteiger partial charge in [-0.1, -0.05) is 6.08 Å². The zero-order valence-electron chi connectivity index (χ0n) is 9.28. The molecule has 0 spiro atoms. The van der Waals surface area contributed by atoms with Crippen LogP contribution in [0.5, 0.6) is 0 Å². The van der Waals surface area contributed by atoms with Crippen LogP contribution in [0.15, 0.2) is 23.3 Å². The predicted molar refractivity (Wildman–Crippen MR) is 62.7 cm³/mol. The number of hydrogen-bond acceptors (Lipinski definition) is 6. The van der Waals surface area contributed by atoms with Crippen LogP contribution in [0.25, 0.3) is 11.2 Å². The fourth-order valence-corrected chi connectivity index (χ4v) is 1.88. The van der Waals surface area contributed by atoms with Crippen LogP contribution < -0.4 is 11.3 Å². The van der Waals surface area contributed by atoms with Crippen LogP contribution in [0.3, 0.4) is 0 Å². The number of nitrogens with zero attached hydrogens (tertiary/aromatic N) is 3. The zero-order valence-corrected chi connectivity index (χ0v) is 9.28. The molecule has 1 aliphatic rings. The molecule has 4 N–H and O–H groups in total. The second-order valence-corrected chi connectivity index (χ2v) is 3.91. The third-order valence-corrected chi connectivity index (χ3v) is 2.71. The molecule has 3 rings (SSSR count). The van der Waals surface area contributed by atoms with Crippen molar-refractivity contribution in [1.82, 2.24) is 19.5 Å². The van der Waals surface area contributed by atoms with Gasteiger partial charge in [-0.15, -0.1) is 0 Å². The number of nitrogens with one attached hydrogen (secondary N) is 1. The van der Waals surface area contributed by atoms with E-state index in [1.165, 1.54) is 6.33 Å². The highest BCUT2D eigenvalue weighted by molar-refractivity contribution is 5.70. The van der Waals surface area contributed by atoms with E-state index in [2.05, 4.69) is 15.0 Å². The van der Waals surface area contributed by atoms with E-state index in [-0.39, 0.29) is 24.2 Å². The molecule has 2 atom stereocenters. The normalized spacial score (nSPS) is 22.9. The average molecular weight is 249 g/mol. The van der Waals surface area contributed by atoms with E-state index in [0.29, 0.717) is 5.65 Å². The molecule has 1 unspecified atom stereocenters. The Morgan fingerprint density at radius 1 is 1.56 bits per heavy atom. The number of aliphatic hydroxyl groups excluding tert-OH is 1. The van der Waals surface area contributed by atoms with Crippen LogP contribution in [-0.4, -0.2) is 37.3 Å². The molecule has 0 saturated heterocycles. The number of hydrogen-bond donors (Lipinski definition) is 3. The number of anilines is 1. The third-order valence-electron chi connectivity index (χ3n) is 2.71. The van der Waals surface area contributed by atoms with Crippen molar-refractivity contribution in [2.75, 3.05) is 12.3 Å². The molecule has 0 amide bonds. The maximum absolute atomic E-state index is 11.6. The summed E-state index contributed by atoms with van der Waals surface area (Å²) >= 11 is 0. The highest BCUT2D eigenvalue weighted by atomic mass is 16.5. The van der Waals surface area contributed by atoms with Gasteiger partial charge in [-0.2, -0.15) is 4.98 Å². The summed E-state index contributed by atoms with van der Waals surface area (Å²) in [6.07, 6.45) is 4.17. The molecule has 2 aromatic heterocycles. The Morgan fingerprint density at radius 3 is 3.11 bits per heavy atom. The van der Waals surface area contributed by atoms with Gasteiger partial charge in [0, 0.05) is 0 Å². The SMILES string of the molecule is Nc1nc2c(ncn2C2C=C[C@@H](CO)O2)c(=O)[nH]1. The average Bonchev–Trinajstić information content (AvgIpc) is 2.93. The number of aromatic amines is 1. The summed E-state index contributed by atoms with van der Waals surface area (Å²) in [7, 11) is 0. The van der Waals surface area contributed by atoms with E-state index in [1.54, 1.807) is 16.7 Å². The summed E-state index contributed by atoms with van der Waals surface area (Å²) in [5.41, 5.74) is 5.66. The Morgan fingerprint density at radius 2 is 2.39 bits per heavy atom. The van der Waals surface area contributed by atoms with Gasteiger partial charge in [0.15, 0.2) is 17.4 Å². The Labute approximate surface area is 101 Å². The minimum atomic E-state index is -0.444. The summed E-state index contributed by atoms with van der Waals surface area (Å²) in [5.74, 6) is 0.0231. The van der Waals surface area contributed by atoms with Crippen molar-refractivity contribution < 1.29 is 9.84 Å². The fraction of sp³-hybridized carbons (Fsp3) is 0.300. The first-order valence-electron chi connectivity index (χ1n) is 5.36. The van der Waals surface area contributed by atoms with E-state index < -0.39 is 11.8 Å². The molecular weight excluding hydrogens is 238 g/mol. The number of nitrogens with two attached hydrogens (primary N) is 1. The van der Waals surface area contributed by atoms with Crippen molar-refractivity contribution in [3.05, 3.63) is 28.8 Å². The van der Waals surface area contributed by atoms with Crippen LogP contribution in [0.1, 0.15) is 6.23 Å². The third kappa shape index (κ3) is 1.59. The molecule has 1 aliphatic heterocycles. The first-order chi connectivity index (χ1) is 8.69. The van der Waals surface area contributed by atoms with Gasteiger partial charge in [-0.25, -0.2) is 4.98 Å². The van der Waals surface area contributed by atoms with Crippen molar-refractivity contribution in [3.8, 4) is 0 Å². The summed E-state index contributed by atoms with van der Waals surface area (Å²) in [4.78, 5) is 22.0. The monoisotopic (exact) mass is 249 g/mol. The number of ether oxygens (including phenoxy) is 1. The Hall–Kier alpha value is -2.19. The van der Waals surface area contributed by atoms with Crippen molar-refractivity contribution in [2.24, 2.45) is 0 Å². The van der Waals surface area contributed by atoms with Crippen molar-refractivity contribution in [1.29, 1.82) is 0 Å². The van der Waals surface area contributed by atoms with Gasteiger partial charge in [-0.3, -0.25) is 14.3 Å². The Kier molecular flexibility index (Phi) is 2.39. The molecule has 0 aromatic carbocycles. The van der Waals surface area contributed by atoms with Crippen LogP contribution >= 0.6 is 0 Å². The number of imidazole rings is 1. The molecule has 8 nitrogen and oxygen atoms in total. The number of aromatic nitrogens is 4. The van der Waals surface area contributed by atoms with Gasteiger partial charge < -0.3 is 15.6 Å². The largest absolute Gasteiger partial charge is 0.393 e. The highest BCUT2D eigenvalue weighted by Gasteiger charge is 2.22. The molecule has 3 heterocycles. The van der Waals surface area contributed by atoms with E-state index in [9.17, 15) is 4.79 Å². The quantitative estimate of drug-likeness (QED) is 0.596. The molecule has 18 heavy (non-hydrogen) atoms. The molecule has 0 radical (unpaired) electrons. The summed E-state index contributed by atoms with van der Waals surface area (Å²) in [6, 6.07) is 0. The lowest BCUT2D eigenvalue weighted by atomic mass is 10.4. The van der Waals surface area contributed by atoms with Crippen LogP contribution in [0.4, 0.5) is 5.95 Å². The minimum absolute atomic E-state index is 0.0231. The van der Waals surface area contributed by atoms with Gasteiger partial charge in [0.2, 0.25) is 5.95 Å². The van der Waals surface area contributed by atoms with Gasteiger partial charge >= 0.3 is 0 Å². The van der Waals surface area contributed by atoms with E-state index in [1.807, 2.05) is 0 Å². The molecule has 0 fully saturated rings. The van der Waals surface area contributed by atoms with Crippen LogP contribution in [-0.2, 0) is 4.74 Å². The smallest absolute Gasteiger partial charge is 0.280 e. The maximum atomic E-state index is 11.6. The Balaban J connectivity index is 2.09. The number of fused-ring (bicyclic) bond motifs is 1. The zero-order chi connectivity index (χ0) is 12.7. The first-order valence-corrected chi connectivity index (χ1v) is 5.36. The van der Waals surface area contributed by atoms with Crippen molar-refractivity contribution in [3.63, 3.8) is 0 Å². The van der Waals surface area contributed by atoms with Crippen molar-refractivity contribution in [2.45, 2.75) is 12.3 Å². The van der Waals surface area contributed by atoms with E-state index >= 15 is 0 Å². The highest BCUT2D eigenvalue weighted by Crippen LogP contribution is 2.23. The fourth-order valence-electron chi connectivity index (χ4n) is 1.88. The predicted octanol–water partition coefficient (Wildman–Crippen LogP) is -0.852. The summed E-state index contributed by atoms with van der Waals surface area (Å²) in [5, 5.41) is 8.99. The van der Waals surface area contributed by atoms with Gasteiger partial charge in [0.25, 0.3) is 5.56 Å². The molecular formula is C10H11N5O3. The topological polar surface area (TPSA) is 119 Å². The molecule has 94 valence electrons. The molecule has 0 bridgehead atoms. The van der Waals surface area contributed by atoms with E-state index in [4.69, 9.17) is 15.6 Å². The Bertz CT molecular complexity index is 674. The first kappa shape index (κ1) is 10.9. The van der Waals surface area contributed by atoms with Crippen LogP contribution in [0, 0.1) is 0 Å². The lowest BCUT2D eigenvalue weighted by Crippen LogP contribution is -2.16. The van der Waals surface area contributed by atoms with E-state index in [0.717, 1.165) is 0 Å². The lowest BCUT2D eigenvalue weighted by molar-refractivity contribution is -0.00638. The molecule has 8 heteroatoms. The summed E-state index contributed by atoms with van der Waals surface area (Å²) in [6.45, 7) is -0.101. The lowest BCUT2D eigenvalue weighted by Gasteiger charge is -2.13.